The molecule has 0 bridgehead atoms. The van der Waals surface area contributed by atoms with E-state index >= 15 is 0 Å². The third-order valence-electron chi connectivity index (χ3n) is 2.93. The van der Waals surface area contributed by atoms with E-state index in [1.54, 1.807) is 0 Å². The number of rotatable bonds is 4. The van der Waals surface area contributed by atoms with E-state index in [1.165, 1.54) is 9.14 Å². The normalized spacial score (nSPS) is 11.3. The van der Waals surface area contributed by atoms with Crippen LogP contribution < -0.4 is 8.32 Å². The number of hydrogen-bond acceptors (Lipinski definition) is 1. The average Bonchev–Trinajstić information content (AvgIpc) is 2.37. The van der Waals surface area contributed by atoms with Crippen LogP contribution in [0.2, 0.25) is 14.8 Å². The van der Waals surface area contributed by atoms with E-state index in [2.05, 4.69) is 51.2 Å². The molecule has 2 aromatic carbocycles. The van der Waals surface area contributed by atoms with Gasteiger partial charge < -0.3 is 0 Å². The van der Waals surface area contributed by atoms with Gasteiger partial charge in [-0.15, -0.1) is 0 Å². The molecule has 0 atom stereocenters. The second kappa shape index (κ2) is 5.79. The summed E-state index contributed by atoms with van der Waals surface area (Å²) in [6.07, 6.45) is 0. The Morgan fingerprint density at radius 2 is 1.44 bits per heavy atom. The van der Waals surface area contributed by atoms with Crippen LogP contribution in [0.1, 0.15) is 5.56 Å². The Bertz CT molecular complexity index is 500. The fourth-order valence-electron chi connectivity index (χ4n) is 1.95. The van der Waals surface area contributed by atoms with Gasteiger partial charge in [0.05, 0.1) is 0 Å². The molecule has 0 aromatic heterocycles. The van der Waals surface area contributed by atoms with E-state index in [-0.39, 0.29) is 0 Å². The molecule has 0 spiro atoms. The van der Waals surface area contributed by atoms with Crippen LogP contribution in [0, 0.1) is 0 Å². The first-order valence-corrected chi connectivity index (χ1v) is 16.3. The summed E-state index contributed by atoms with van der Waals surface area (Å²) in [6, 6.07) is 18.8. The summed E-state index contributed by atoms with van der Waals surface area (Å²) >= 11 is -2.08. The van der Waals surface area contributed by atoms with E-state index in [9.17, 15) is 0 Å². The van der Waals surface area contributed by atoms with Crippen molar-refractivity contribution in [2.45, 2.75) is 21.4 Å². The molecule has 94 valence electrons. The van der Waals surface area contributed by atoms with Gasteiger partial charge in [-0.3, -0.25) is 0 Å². The molecule has 0 unspecified atom stereocenters. The van der Waals surface area contributed by atoms with Crippen molar-refractivity contribution < 1.29 is 4.74 Å². The molecule has 2 aromatic rings. The summed E-state index contributed by atoms with van der Waals surface area (Å²) in [4.78, 5) is 7.25. The van der Waals surface area contributed by atoms with Gasteiger partial charge in [0.2, 0.25) is 0 Å². The van der Waals surface area contributed by atoms with Gasteiger partial charge in [-0.2, -0.15) is 0 Å². The molecule has 0 saturated carbocycles. The van der Waals surface area contributed by atoms with Crippen molar-refractivity contribution in [1.29, 1.82) is 0 Å². The van der Waals surface area contributed by atoms with Crippen LogP contribution in [0.5, 0.6) is 5.75 Å². The molecule has 0 aliphatic rings. The Morgan fingerprint density at radius 3 is 2.11 bits per heavy atom. The fraction of sp³-hybridized carbons (Fsp3) is 0.250. The molecule has 0 heterocycles. The topological polar surface area (TPSA) is 9.23 Å². The Balaban J connectivity index is 2.15. The van der Waals surface area contributed by atoms with Gasteiger partial charge in [0.1, 0.15) is 0 Å². The summed E-state index contributed by atoms with van der Waals surface area (Å²) in [5.41, 5.74) is 1.22. The second-order valence-electron chi connectivity index (χ2n) is 5.52. The van der Waals surface area contributed by atoms with Gasteiger partial charge in [0.25, 0.3) is 0 Å². The zero-order chi connectivity index (χ0) is 13.0. The SMILES string of the molecule is [CH3][Sn]([CH3])([CH3])[c]1ccccc1OCc1ccccc1. The molecule has 0 fully saturated rings. The van der Waals surface area contributed by atoms with Crippen molar-refractivity contribution in [3.63, 3.8) is 0 Å². The Labute approximate surface area is 114 Å². The molecule has 0 saturated heterocycles. The van der Waals surface area contributed by atoms with E-state index in [1.807, 2.05) is 18.2 Å². The van der Waals surface area contributed by atoms with Crippen molar-refractivity contribution in [1.82, 2.24) is 0 Å². The van der Waals surface area contributed by atoms with Crippen LogP contribution in [0.15, 0.2) is 54.6 Å². The second-order valence-corrected chi connectivity index (χ2v) is 19.9. The van der Waals surface area contributed by atoms with Gasteiger partial charge >= 0.3 is 114 Å². The van der Waals surface area contributed by atoms with Crippen molar-refractivity contribution in [3.05, 3.63) is 60.2 Å². The Kier molecular flexibility index (Phi) is 4.33. The molecular weight excluding hydrogens is 327 g/mol. The van der Waals surface area contributed by atoms with Crippen LogP contribution in [-0.4, -0.2) is 18.4 Å². The molecule has 0 aliphatic carbocycles. The minimum atomic E-state index is -2.08. The van der Waals surface area contributed by atoms with Crippen molar-refractivity contribution in [3.8, 4) is 5.75 Å². The van der Waals surface area contributed by atoms with E-state index < -0.39 is 18.4 Å². The Hall–Kier alpha value is -0.961. The zero-order valence-electron chi connectivity index (χ0n) is 11.3. The third-order valence-corrected chi connectivity index (χ3v) is 8.72. The number of ether oxygens (including phenoxy) is 1. The van der Waals surface area contributed by atoms with Crippen LogP contribution >= 0.6 is 0 Å². The fourth-order valence-corrected chi connectivity index (χ4v) is 6.20. The maximum atomic E-state index is 6.00. The number of benzene rings is 2. The molecule has 2 heteroatoms. The summed E-state index contributed by atoms with van der Waals surface area (Å²) in [7, 11) is 0. The van der Waals surface area contributed by atoms with Gasteiger partial charge in [-0.25, -0.2) is 0 Å². The molecular formula is C16H20OSn. The van der Waals surface area contributed by atoms with Crippen LogP contribution in [0.4, 0.5) is 0 Å². The van der Waals surface area contributed by atoms with Crippen molar-refractivity contribution in [2.75, 3.05) is 0 Å². The number of hydrogen-bond donors (Lipinski definition) is 0. The zero-order valence-corrected chi connectivity index (χ0v) is 14.2. The summed E-state index contributed by atoms with van der Waals surface area (Å²) < 4.78 is 7.46. The minimum absolute atomic E-state index is 0.653. The molecule has 0 radical (unpaired) electrons. The van der Waals surface area contributed by atoms with Gasteiger partial charge in [-0.05, 0) is 0 Å². The summed E-state index contributed by atoms with van der Waals surface area (Å²) in [5.74, 6) is 1.07. The maximum absolute atomic E-state index is 6.00. The predicted octanol–water partition coefficient (Wildman–Crippen LogP) is 3.81. The van der Waals surface area contributed by atoms with E-state index in [0.29, 0.717) is 6.61 Å². The molecule has 0 aliphatic heterocycles. The van der Waals surface area contributed by atoms with Gasteiger partial charge in [-0.1, -0.05) is 0 Å². The average molecular weight is 347 g/mol. The monoisotopic (exact) mass is 348 g/mol. The van der Waals surface area contributed by atoms with Crippen molar-refractivity contribution in [2.24, 2.45) is 0 Å². The van der Waals surface area contributed by atoms with Crippen molar-refractivity contribution >= 4 is 22.0 Å². The van der Waals surface area contributed by atoms with Gasteiger partial charge in [0.15, 0.2) is 0 Å². The molecule has 0 amide bonds. The third kappa shape index (κ3) is 3.51. The first-order chi connectivity index (χ1) is 8.57. The first-order valence-electron chi connectivity index (χ1n) is 6.33. The standard InChI is InChI=1S/C13H11O.3CH3.Sn/c1-3-7-12(8-4-1)11-14-13-9-5-2-6-10-13;;;;/h1-9H,11H2;3*1H3;. The van der Waals surface area contributed by atoms with Gasteiger partial charge in [0, 0.05) is 0 Å². The summed E-state index contributed by atoms with van der Waals surface area (Å²) in [6.45, 7) is 0.653. The molecule has 2 rings (SSSR count). The number of para-hydroxylation sites is 1. The molecule has 1 nitrogen and oxygen atoms in total. The van der Waals surface area contributed by atoms with Crippen LogP contribution in [-0.2, 0) is 6.61 Å². The molecule has 0 N–H and O–H groups in total. The van der Waals surface area contributed by atoms with E-state index in [4.69, 9.17) is 4.74 Å². The molecule has 18 heavy (non-hydrogen) atoms. The Morgan fingerprint density at radius 1 is 0.833 bits per heavy atom. The van der Waals surface area contributed by atoms with E-state index in [0.717, 1.165) is 5.75 Å². The van der Waals surface area contributed by atoms with Crippen LogP contribution in [0.25, 0.3) is 0 Å². The summed E-state index contributed by atoms with van der Waals surface area (Å²) in [5, 5.41) is 0. The first kappa shape index (κ1) is 13.5. The predicted molar refractivity (Wildman–Crippen MR) is 80.2 cm³/mol. The quantitative estimate of drug-likeness (QED) is 0.765. The van der Waals surface area contributed by atoms with Crippen LogP contribution in [0.3, 0.4) is 0 Å².